The number of nitrogens with zero attached hydrogens (tertiary/aromatic N) is 1. The summed E-state index contributed by atoms with van der Waals surface area (Å²) in [6.07, 6.45) is 0. The molecular formula is C21H27N3O2S. The van der Waals surface area contributed by atoms with Gasteiger partial charge in [-0.25, -0.2) is 0 Å². The number of morpholine rings is 1. The molecule has 2 aromatic rings. The molecule has 0 bridgehead atoms. The van der Waals surface area contributed by atoms with Crippen LogP contribution in [-0.2, 0) is 4.74 Å². The van der Waals surface area contributed by atoms with Crippen LogP contribution in [0.2, 0.25) is 0 Å². The molecule has 6 heteroatoms. The molecule has 0 spiro atoms. The lowest BCUT2D eigenvalue weighted by Crippen LogP contribution is -2.44. The van der Waals surface area contributed by atoms with Gasteiger partial charge in [-0.2, -0.15) is 0 Å². The first-order valence-corrected chi connectivity index (χ1v) is 9.81. The lowest BCUT2D eigenvalue weighted by molar-refractivity contribution is 0.0344. The van der Waals surface area contributed by atoms with Crippen molar-refractivity contribution >= 4 is 23.0 Å². The summed E-state index contributed by atoms with van der Waals surface area (Å²) in [5.41, 5.74) is 2.16. The van der Waals surface area contributed by atoms with Crippen LogP contribution in [-0.4, -0.2) is 49.5 Å². The van der Waals surface area contributed by atoms with Gasteiger partial charge in [0, 0.05) is 25.3 Å². The van der Waals surface area contributed by atoms with Crippen LogP contribution < -0.4 is 15.4 Å². The van der Waals surface area contributed by atoms with Crippen LogP contribution in [0.4, 0.5) is 5.69 Å². The van der Waals surface area contributed by atoms with Crippen LogP contribution in [0.25, 0.3) is 0 Å². The molecule has 0 radical (unpaired) electrons. The topological polar surface area (TPSA) is 45.8 Å². The van der Waals surface area contributed by atoms with Crippen LogP contribution >= 0.6 is 12.2 Å². The predicted molar refractivity (Wildman–Crippen MR) is 113 cm³/mol. The molecule has 144 valence electrons. The molecule has 27 heavy (non-hydrogen) atoms. The van der Waals surface area contributed by atoms with Crippen LogP contribution in [0, 0.1) is 0 Å². The minimum atomic E-state index is 0.118. The monoisotopic (exact) mass is 385 g/mol. The summed E-state index contributed by atoms with van der Waals surface area (Å²) < 4.78 is 10.9. The first-order chi connectivity index (χ1) is 13.2. The fourth-order valence-corrected chi connectivity index (χ4v) is 3.35. The molecule has 0 saturated carbocycles. The third-order valence-corrected chi connectivity index (χ3v) is 4.69. The molecule has 0 aliphatic carbocycles. The van der Waals surface area contributed by atoms with Crippen molar-refractivity contribution in [2.24, 2.45) is 0 Å². The first kappa shape index (κ1) is 19.6. The van der Waals surface area contributed by atoms with Crippen molar-refractivity contribution < 1.29 is 9.47 Å². The van der Waals surface area contributed by atoms with Crippen molar-refractivity contribution in [3.05, 3.63) is 60.2 Å². The molecular weight excluding hydrogens is 358 g/mol. The summed E-state index contributed by atoms with van der Waals surface area (Å²) in [6.45, 7) is 7.00. The highest BCUT2D eigenvalue weighted by molar-refractivity contribution is 7.80. The molecule has 1 atom stereocenters. The Labute approximate surface area is 166 Å². The van der Waals surface area contributed by atoms with Gasteiger partial charge in [-0.05, 0) is 49.0 Å². The van der Waals surface area contributed by atoms with E-state index in [9.17, 15) is 0 Å². The Morgan fingerprint density at radius 3 is 2.48 bits per heavy atom. The molecule has 1 aliphatic heterocycles. The minimum Gasteiger partial charge on any atom is -0.494 e. The highest BCUT2D eigenvalue weighted by atomic mass is 32.1. The van der Waals surface area contributed by atoms with Crippen LogP contribution in [0.5, 0.6) is 5.75 Å². The third kappa shape index (κ3) is 6.20. The molecule has 0 amide bonds. The van der Waals surface area contributed by atoms with E-state index in [0.717, 1.165) is 44.3 Å². The fourth-order valence-electron chi connectivity index (χ4n) is 3.09. The Balaban J connectivity index is 1.62. The van der Waals surface area contributed by atoms with Gasteiger partial charge < -0.3 is 20.1 Å². The smallest absolute Gasteiger partial charge is 0.171 e. The summed E-state index contributed by atoms with van der Waals surface area (Å²) >= 11 is 5.57. The van der Waals surface area contributed by atoms with Crippen LogP contribution in [0.3, 0.4) is 0 Å². The predicted octanol–water partition coefficient (Wildman–Crippen LogP) is 3.45. The summed E-state index contributed by atoms with van der Waals surface area (Å²) in [7, 11) is 0. The summed E-state index contributed by atoms with van der Waals surface area (Å²) in [6, 6.07) is 18.4. The Morgan fingerprint density at radius 1 is 1.11 bits per heavy atom. The van der Waals surface area contributed by atoms with E-state index in [0.29, 0.717) is 11.7 Å². The Kier molecular flexibility index (Phi) is 7.45. The quantitative estimate of drug-likeness (QED) is 0.712. The van der Waals surface area contributed by atoms with Crippen molar-refractivity contribution in [3.8, 4) is 5.75 Å². The zero-order chi connectivity index (χ0) is 18.9. The highest BCUT2D eigenvalue weighted by Gasteiger charge is 2.19. The van der Waals surface area contributed by atoms with Gasteiger partial charge in [-0.1, -0.05) is 30.3 Å². The Bertz CT molecular complexity index is 703. The zero-order valence-electron chi connectivity index (χ0n) is 15.7. The van der Waals surface area contributed by atoms with Gasteiger partial charge >= 0.3 is 0 Å². The fraction of sp³-hybridized carbons (Fsp3) is 0.381. The SMILES string of the molecule is CCOc1ccc(NC(=S)N[C@H](CN2CCOCC2)c2ccccc2)cc1. The maximum atomic E-state index is 5.57. The van der Waals surface area contributed by atoms with E-state index < -0.39 is 0 Å². The molecule has 0 aromatic heterocycles. The van der Waals surface area contributed by atoms with Gasteiger partial charge in [0.1, 0.15) is 5.75 Å². The molecule has 5 nitrogen and oxygen atoms in total. The normalized spacial score (nSPS) is 15.7. The largest absolute Gasteiger partial charge is 0.494 e. The number of rotatable bonds is 7. The molecule has 0 unspecified atom stereocenters. The van der Waals surface area contributed by atoms with E-state index >= 15 is 0 Å². The molecule has 1 aliphatic rings. The second kappa shape index (κ2) is 10.3. The van der Waals surface area contributed by atoms with Gasteiger partial charge in [0.2, 0.25) is 0 Å². The van der Waals surface area contributed by atoms with E-state index in [1.54, 1.807) is 0 Å². The van der Waals surface area contributed by atoms with Crippen molar-refractivity contribution in [1.29, 1.82) is 0 Å². The maximum absolute atomic E-state index is 5.57. The van der Waals surface area contributed by atoms with E-state index in [1.807, 2.05) is 37.3 Å². The Morgan fingerprint density at radius 2 is 1.81 bits per heavy atom. The number of nitrogens with one attached hydrogen (secondary N) is 2. The second-order valence-electron chi connectivity index (χ2n) is 6.43. The van der Waals surface area contributed by atoms with Gasteiger partial charge in [0.15, 0.2) is 5.11 Å². The number of hydrogen-bond donors (Lipinski definition) is 2. The molecule has 1 saturated heterocycles. The molecule has 1 heterocycles. The van der Waals surface area contributed by atoms with E-state index in [4.69, 9.17) is 21.7 Å². The van der Waals surface area contributed by atoms with Gasteiger partial charge in [0.25, 0.3) is 0 Å². The first-order valence-electron chi connectivity index (χ1n) is 9.40. The highest BCUT2D eigenvalue weighted by Crippen LogP contribution is 2.18. The summed E-state index contributed by atoms with van der Waals surface area (Å²) in [4.78, 5) is 2.41. The molecule has 2 N–H and O–H groups in total. The van der Waals surface area contributed by atoms with E-state index in [-0.39, 0.29) is 6.04 Å². The number of hydrogen-bond acceptors (Lipinski definition) is 4. The third-order valence-electron chi connectivity index (χ3n) is 4.47. The number of ether oxygens (including phenoxy) is 2. The molecule has 2 aromatic carbocycles. The lowest BCUT2D eigenvalue weighted by atomic mass is 10.1. The number of benzene rings is 2. The number of thiocarbonyl (C=S) groups is 1. The molecule has 1 fully saturated rings. The average Bonchev–Trinajstić information content (AvgIpc) is 2.71. The summed E-state index contributed by atoms with van der Waals surface area (Å²) in [5, 5.41) is 7.36. The van der Waals surface area contributed by atoms with Crippen molar-refractivity contribution in [3.63, 3.8) is 0 Å². The van der Waals surface area contributed by atoms with Gasteiger partial charge in [-0.3, -0.25) is 4.90 Å². The van der Waals surface area contributed by atoms with Gasteiger partial charge in [0.05, 0.1) is 25.9 Å². The van der Waals surface area contributed by atoms with Crippen molar-refractivity contribution in [2.75, 3.05) is 44.8 Å². The van der Waals surface area contributed by atoms with Crippen molar-refractivity contribution in [2.45, 2.75) is 13.0 Å². The van der Waals surface area contributed by atoms with Crippen LogP contribution in [0.1, 0.15) is 18.5 Å². The molecule has 3 rings (SSSR count). The minimum absolute atomic E-state index is 0.118. The van der Waals surface area contributed by atoms with Gasteiger partial charge in [-0.15, -0.1) is 0 Å². The van der Waals surface area contributed by atoms with Crippen LogP contribution in [0.15, 0.2) is 54.6 Å². The zero-order valence-corrected chi connectivity index (χ0v) is 16.5. The van der Waals surface area contributed by atoms with E-state index in [1.165, 1.54) is 5.56 Å². The lowest BCUT2D eigenvalue weighted by Gasteiger charge is -2.31. The standard InChI is InChI=1S/C21H27N3O2S/c1-2-26-19-10-8-18(9-11-19)22-21(27)23-20(17-6-4-3-5-7-17)16-24-12-14-25-15-13-24/h3-11,20H,2,12-16H2,1H3,(H2,22,23,27)/t20-/m1/s1. The Hall–Kier alpha value is -2.15. The number of anilines is 1. The van der Waals surface area contributed by atoms with E-state index in [2.05, 4.69) is 39.8 Å². The van der Waals surface area contributed by atoms with Crippen molar-refractivity contribution in [1.82, 2.24) is 10.2 Å². The average molecular weight is 386 g/mol. The maximum Gasteiger partial charge on any atom is 0.171 e. The summed E-state index contributed by atoms with van der Waals surface area (Å²) in [5.74, 6) is 0.858. The second-order valence-corrected chi connectivity index (χ2v) is 6.84.